The summed E-state index contributed by atoms with van der Waals surface area (Å²) in [6, 6.07) is 32.5. The number of hydrogen-bond acceptors (Lipinski definition) is 1. The van der Waals surface area contributed by atoms with Crippen LogP contribution in [-0.2, 0) is 0 Å². The third-order valence-corrected chi connectivity index (χ3v) is 4.54. The number of fused-ring (bicyclic) bond motifs is 1. The van der Waals surface area contributed by atoms with Gasteiger partial charge in [-0.1, -0.05) is 65.7 Å². The van der Waals surface area contributed by atoms with Crippen LogP contribution in [0, 0.1) is 13.8 Å². The molecule has 0 saturated carbocycles. The summed E-state index contributed by atoms with van der Waals surface area (Å²) >= 11 is 0. The van der Waals surface area contributed by atoms with Crippen molar-refractivity contribution < 1.29 is 0 Å². The zero-order valence-corrected chi connectivity index (χ0v) is 14.6. The van der Waals surface area contributed by atoms with Gasteiger partial charge in [-0.15, -0.1) is 0 Å². The Morgan fingerprint density at radius 3 is 1.80 bits per heavy atom. The van der Waals surface area contributed by atoms with E-state index >= 15 is 0 Å². The summed E-state index contributed by atoms with van der Waals surface area (Å²) in [5, 5.41) is 2.54. The molecule has 0 radical (unpaired) electrons. The van der Waals surface area contributed by atoms with Gasteiger partial charge in [-0.3, -0.25) is 0 Å². The standard InChI is InChI=1S/C24H21N/c1-18-9-13-23(14-10-18)25(22-6-4-3-5-7-22)24-15-12-20-16-19(2)8-11-21(20)17-24/h3-17H,1-2H3. The first-order valence-electron chi connectivity index (χ1n) is 8.63. The van der Waals surface area contributed by atoms with E-state index in [-0.39, 0.29) is 0 Å². The van der Waals surface area contributed by atoms with Crippen molar-refractivity contribution in [1.82, 2.24) is 0 Å². The van der Waals surface area contributed by atoms with Crippen LogP contribution in [0.15, 0.2) is 91.0 Å². The largest absolute Gasteiger partial charge is 0.310 e. The molecule has 0 aromatic heterocycles. The highest BCUT2D eigenvalue weighted by Crippen LogP contribution is 2.35. The number of anilines is 3. The average molecular weight is 323 g/mol. The van der Waals surface area contributed by atoms with E-state index in [2.05, 4.69) is 110 Å². The molecule has 0 atom stereocenters. The van der Waals surface area contributed by atoms with Crippen molar-refractivity contribution in [2.75, 3.05) is 4.90 Å². The highest BCUT2D eigenvalue weighted by molar-refractivity contribution is 5.89. The Morgan fingerprint density at radius 2 is 1.04 bits per heavy atom. The van der Waals surface area contributed by atoms with Crippen LogP contribution in [0.5, 0.6) is 0 Å². The highest BCUT2D eigenvalue weighted by Gasteiger charge is 2.12. The highest BCUT2D eigenvalue weighted by atomic mass is 15.1. The molecule has 0 amide bonds. The van der Waals surface area contributed by atoms with Gasteiger partial charge in [0, 0.05) is 17.1 Å². The summed E-state index contributed by atoms with van der Waals surface area (Å²) in [6.07, 6.45) is 0. The molecule has 1 heteroatoms. The molecule has 0 N–H and O–H groups in total. The lowest BCUT2D eigenvalue weighted by Crippen LogP contribution is -2.09. The number of nitrogens with zero attached hydrogens (tertiary/aromatic N) is 1. The number of benzene rings is 4. The smallest absolute Gasteiger partial charge is 0.0468 e. The van der Waals surface area contributed by atoms with E-state index in [0.717, 1.165) is 5.69 Å². The Labute approximate surface area is 149 Å². The lowest BCUT2D eigenvalue weighted by atomic mass is 10.1. The number of hydrogen-bond donors (Lipinski definition) is 0. The van der Waals surface area contributed by atoms with Gasteiger partial charge in [0.25, 0.3) is 0 Å². The summed E-state index contributed by atoms with van der Waals surface area (Å²) < 4.78 is 0. The fourth-order valence-corrected chi connectivity index (χ4v) is 3.21. The van der Waals surface area contributed by atoms with Crippen molar-refractivity contribution in [3.05, 3.63) is 102 Å². The van der Waals surface area contributed by atoms with Gasteiger partial charge in [0.15, 0.2) is 0 Å². The molecule has 4 rings (SSSR count). The van der Waals surface area contributed by atoms with E-state index in [4.69, 9.17) is 0 Å². The van der Waals surface area contributed by atoms with Crippen LogP contribution in [-0.4, -0.2) is 0 Å². The SMILES string of the molecule is Cc1ccc(N(c2ccccc2)c2ccc3cc(C)ccc3c2)cc1. The third kappa shape index (κ3) is 3.14. The predicted octanol–water partition coefficient (Wildman–Crippen LogP) is 6.93. The van der Waals surface area contributed by atoms with E-state index < -0.39 is 0 Å². The summed E-state index contributed by atoms with van der Waals surface area (Å²) in [6.45, 7) is 4.25. The molecule has 0 bridgehead atoms. The Hall–Kier alpha value is -3.06. The quantitative estimate of drug-likeness (QED) is 0.395. The van der Waals surface area contributed by atoms with E-state index in [1.165, 1.54) is 33.3 Å². The molecule has 4 aromatic rings. The minimum absolute atomic E-state index is 1.16. The normalized spacial score (nSPS) is 10.8. The van der Waals surface area contributed by atoms with E-state index in [9.17, 15) is 0 Å². The number of aryl methyl sites for hydroxylation is 2. The Bertz CT molecular complexity index is 1000. The van der Waals surface area contributed by atoms with Gasteiger partial charge in [0.05, 0.1) is 0 Å². The Balaban J connectivity index is 1.88. The van der Waals surface area contributed by atoms with E-state index in [1.54, 1.807) is 0 Å². The van der Waals surface area contributed by atoms with Gasteiger partial charge in [-0.2, -0.15) is 0 Å². The van der Waals surface area contributed by atoms with Crippen LogP contribution >= 0.6 is 0 Å². The molecule has 25 heavy (non-hydrogen) atoms. The van der Waals surface area contributed by atoms with Crippen LogP contribution in [0.4, 0.5) is 17.1 Å². The topological polar surface area (TPSA) is 3.24 Å². The van der Waals surface area contributed by atoms with Crippen molar-refractivity contribution >= 4 is 27.8 Å². The molecule has 0 spiro atoms. The molecular weight excluding hydrogens is 302 g/mol. The molecule has 1 nitrogen and oxygen atoms in total. The summed E-state index contributed by atoms with van der Waals surface area (Å²) in [5.74, 6) is 0. The van der Waals surface area contributed by atoms with E-state index in [1.807, 2.05) is 0 Å². The van der Waals surface area contributed by atoms with Gasteiger partial charge in [-0.05, 0) is 61.0 Å². The van der Waals surface area contributed by atoms with Crippen molar-refractivity contribution in [2.45, 2.75) is 13.8 Å². The molecule has 0 fully saturated rings. The molecule has 0 aliphatic heterocycles. The van der Waals surface area contributed by atoms with Crippen LogP contribution in [0.3, 0.4) is 0 Å². The maximum atomic E-state index is 2.30. The minimum Gasteiger partial charge on any atom is -0.310 e. The van der Waals surface area contributed by atoms with Crippen LogP contribution in [0.1, 0.15) is 11.1 Å². The monoisotopic (exact) mass is 323 g/mol. The third-order valence-electron chi connectivity index (χ3n) is 4.54. The fourth-order valence-electron chi connectivity index (χ4n) is 3.21. The van der Waals surface area contributed by atoms with Crippen LogP contribution in [0.25, 0.3) is 10.8 Å². The Kier molecular flexibility index (Phi) is 3.99. The molecule has 0 aliphatic carbocycles. The molecule has 0 saturated heterocycles. The minimum atomic E-state index is 1.16. The zero-order chi connectivity index (χ0) is 17.2. The van der Waals surface area contributed by atoms with Gasteiger partial charge >= 0.3 is 0 Å². The summed E-state index contributed by atoms with van der Waals surface area (Å²) in [7, 11) is 0. The molecule has 0 aliphatic rings. The lowest BCUT2D eigenvalue weighted by Gasteiger charge is -2.26. The fraction of sp³-hybridized carbons (Fsp3) is 0.0833. The second kappa shape index (κ2) is 6.45. The lowest BCUT2D eigenvalue weighted by molar-refractivity contribution is 1.28. The van der Waals surface area contributed by atoms with Gasteiger partial charge in [0.2, 0.25) is 0 Å². The first kappa shape index (κ1) is 15.5. The summed E-state index contributed by atoms with van der Waals surface area (Å²) in [5.41, 5.74) is 6.07. The Morgan fingerprint density at radius 1 is 0.480 bits per heavy atom. The first-order valence-corrected chi connectivity index (χ1v) is 8.63. The van der Waals surface area contributed by atoms with Crippen molar-refractivity contribution in [2.24, 2.45) is 0 Å². The molecule has 4 aromatic carbocycles. The molecular formula is C24H21N. The van der Waals surface area contributed by atoms with Crippen molar-refractivity contribution in [1.29, 1.82) is 0 Å². The van der Waals surface area contributed by atoms with Crippen molar-refractivity contribution in [3.63, 3.8) is 0 Å². The van der Waals surface area contributed by atoms with Gasteiger partial charge < -0.3 is 4.90 Å². The van der Waals surface area contributed by atoms with E-state index in [0.29, 0.717) is 0 Å². The maximum absolute atomic E-state index is 2.30. The van der Waals surface area contributed by atoms with Crippen LogP contribution in [0.2, 0.25) is 0 Å². The molecule has 122 valence electrons. The maximum Gasteiger partial charge on any atom is 0.0468 e. The van der Waals surface area contributed by atoms with Crippen LogP contribution < -0.4 is 4.90 Å². The number of rotatable bonds is 3. The second-order valence-corrected chi connectivity index (χ2v) is 6.54. The van der Waals surface area contributed by atoms with Gasteiger partial charge in [0.1, 0.15) is 0 Å². The first-order chi connectivity index (χ1) is 12.2. The predicted molar refractivity (Wildman–Crippen MR) is 108 cm³/mol. The number of para-hydroxylation sites is 1. The summed E-state index contributed by atoms with van der Waals surface area (Å²) in [4.78, 5) is 2.30. The zero-order valence-electron chi connectivity index (χ0n) is 14.6. The van der Waals surface area contributed by atoms with Gasteiger partial charge in [-0.25, -0.2) is 0 Å². The molecule has 0 unspecified atom stereocenters. The van der Waals surface area contributed by atoms with Crippen molar-refractivity contribution in [3.8, 4) is 0 Å². The molecule has 0 heterocycles. The average Bonchev–Trinajstić information content (AvgIpc) is 2.64. The second-order valence-electron chi connectivity index (χ2n) is 6.54.